The smallest absolute Gasteiger partial charge is 0.328 e. The summed E-state index contributed by atoms with van der Waals surface area (Å²) in [6.45, 7) is 0. The summed E-state index contributed by atoms with van der Waals surface area (Å²) in [5, 5.41) is 8.41. The molecule has 0 fully saturated rings. The number of hydrogen-bond donors (Lipinski definition) is 1. The molecule has 0 radical (unpaired) electrons. The molecule has 4 heterocycles. The molecule has 1 amide bonds. The van der Waals surface area contributed by atoms with Gasteiger partial charge < -0.3 is 10.1 Å². The monoisotopic (exact) mass is 452 g/mol. The number of methoxy groups -OCH3 is 1. The van der Waals surface area contributed by atoms with E-state index in [9.17, 15) is 9.59 Å². The van der Waals surface area contributed by atoms with Crippen LogP contribution in [-0.2, 0) is 28.8 Å². The number of fused-ring (bicyclic) bond motifs is 7. The van der Waals surface area contributed by atoms with Crippen LogP contribution in [0.25, 0.3) is 16.7 Å². The molecule has 7 heteroatoms. The molecule has 4 aromatic rings. The van der Waals surface area contributed by atoms with Crippen molar-refractivity contribution in [2.45, 2.75) is 25.3 Å². The van der Waals surface area contributed by atoms with Crippen molar-refractivity contribution in [1.82, 2.24) is 20.1 Å². The lowest BCUT2D eigenvalue weighted by molar-refractivity contribution is -0.142. The average molecular weight is 453 g/mol. The van der Waals surface area contributed by atoms with E-state index in [0.717, 1.165) is 29.3 Å². The summed E-state index contributed by atoms with van der Waals surface area (Å²) in [5.41, 5.74) is 4.41. The zero-order valence-corrected chi connectivity index (χ0v) is 18.8. The van der Waals surface area contributed by atoms with Gasteiger partial charge in [0.1, 0.15) is 6.04 Å². The van der Waals surface area contributed by atoms with Gasteiger partial charge in [-0.25, -0.2) is 14.5 Å². The molecule has 1 atom stereocenters. The molecule has 0 saturated carbocycles. The van der Waals surface area contributed by atoms with Crippen molar-refractivity contribution in [3.05, 3.63) is 101 Å². The number of nitrogens with zero attached hydrogens (tertiary/aromatic N) is 3. The maximum atomic E-state index is 13.3. The molecule has 0 saturated heterocycles. The fourth-order valence-electron chi connectivity index (χ4n) is 4.12. The molecule has 2 aromatic carbocycles. The molecule has 34 heavy (non-hydrogen) atoms. The zero-order valence-electron chi connectivity index (χ0n) is 18.8. The van der Waals surface area contributed by atoms with E-state index >= 15 is 0 Å². The van der Waals surface area contributed by atoms with Crippen LogP contribution >= 0.6 is 0 Å². The quantitative estimate of drug-likeness (QED) is 0.352. The standard InChI is InChI=1S/C27H24N4O3/c1-34-27(33)24-16-20-10-8-18(9-11-20)5-2-3-6-19-12-13-23-21(15-19)17-31(30-23)25-22(26(32)29-24)7-4-14-28-25/h2-4,7-15,17,24H,5-6,16H2,1H3,(H,29,32)/b3-2-/t24-/m0/s1. The number of carbonyl (C=O) groups is 2. The molecule has 2 aliphatic rings. The molecule has 2 aliphatic heterocycles. The highest BCUT2D eigenvalue weighted by Crippen LogP contribution is 2.20. The number of esters is 1. The van der Waals surface area contributed by atoms with E-state index in [1.54, 1.807) is 23.0 Å². The first kappa shape index (κ1) is 21.6. The van der Waals surface area contributed by atoms with Gasteiger partial charge >= 0.3 is 5.97 Å². The fraction of sp³-hybridized carbons (Fsp3) is 0.185. The summed E-state index contributed by atoms with van der Waals surface area (Å²) in [4.78, 5) is 30.2. The molecular formula is C27H24N4O3. The number of nitrogens with one attached hydrogen (secondary N) is 1. The van der Waals surface area contributed by atoms with Crippen LogP contribution in [0.5, 0.6) is 0 Å². The van der Waals surface area contributed by atoms with Crippen LogP contribution in [0.2, 0.25) is 0 Å². The molecule has 1 N–H and O–H groups in total. The van der Waals surface area contributed by atoms with E-state index in [0.29, 0.717) is 17.8 Å². The Morgan fingerprint density at radius 3 is 2.56 bits per heavy atom. The van der Waals surface area contributed by atoms with Gasteiger partial charge in [0.05, 0.1) is 18.2 Å². The third-order valence-electron chi connectivity index (χ3n) is 5.94. The Bertz CT molecular complexity index is 1390. The largest absolute Gasteiger partial charge is 0.467 e. The first-order valence-electron chi connectivity index (χ1n) is 11.2. The second-order valence-corrected chi connectivity index (χ2v) is 8.29. The van der Waals surface area contributed by atoms with Gasteiger partial charge in [-0.2, -0.15) is 5.10 Å². The van der Waals surface area contributed by atoms with Crippen LogP contribution in [0.1, 0.15) is 27.0 Å². The van der Waals surface area contributed by atoms with Gasteiger partial charge in [0.2, 0.25) is 0 Å². The van der Waals surface area contributed by atoms with E-state index in [1.165, 1.54) is 18.2 Å². The summed E-state index contributed by atoms with van der Waals surface area (Å²) in [5.74, 6) is -0.532. The molecule has 0 unspecified atom stereocenters. The third kappa shape index (κ3) is 4.45. The number of pyridine rings is 1. The Morgan fingerprint density at radius 1 is 1.03 bits per heavy atom. The van der Waals surface area contributed by atoms with E-state index in [4.69, 9.17) is 4.74 Å². The molecule has 2 aromatic heterocycles. The molecule has 0 aliphatic carbocycles. The SMILES string of the molecule is COC(=O)[C@@H]1Cc2ccc(cc2)C/C=C\Cc2ccc3nn(cc3c2)-c2ncccc2C(=O)N1. The highest BCUT2D eigenvalue weighted by molar-refractivity contribution is 5.99. The average Bonchev–Trinajstić information content (AvgIpc) is 3.29. The minimum absolute atomic E-state index is 0.318. The Kier molecular flexibility index (Phi) is 5.91. The maximum absolute atomic E-state index is 13.3. The highest BCUT2D eigenvalue weighted by Gasteiger charge is 2.25. The van der Waals surface area contributed by atoms with E-state index < -0.39 is 17.9 Å². The third-order valence-corrected chi connectivity index (χ3v) is 5.94. The second-order valence-electron chi connectivity index (χ2n) is 8.29. The molecule has 6 rings (SSSR count). The van der Waals surface area contributed by atoms with Crippen molar-refractivity contribution < 1.29 is 14.3 Å². The summed E-state index contributed by atoms with van der Waals surface area (Å²) < 4.78 is 6.57. The first-order valence-corrected chi connectivity index (χ1v) is 11.2. The zero-order chi connectivity index (χ0) is 23.5. The van der Waals surface area contributed by atoms with Gasteiger partial charge in [-0.15, -0.1) is 0 Å². The van der Waals surface area contributed by atoms with Crippen molar-refractivity contribution in [2.75, 3.05) is 7.11 Å². The molecule has 7 nitrogen and oxygen atoms in total. The molecule has 170 valence electrons. The Labute approximate surface area is 197 Å². The number of amides is 1. The van der Waals surface area contributed by atoms with Crippen LogP contribution in [0.4, 0.5) is 0 Å². The topological polar surface area (TPSA) is 86.1 Å². The van der Waals surface area contributed by atoms with E-state index in [1.807, 2.05) is 36.5 Å². The summed E-state index contributed by atoms with van der Waals surface area (Å²) in [6.07, 6.45) is 9.76. The molecule has 5 bridgehead atoms. The van der Waals surface area contributed by atoms with E-state index in [2.05, 4.69) is 39.7 Å². The van der Waals surface area contributed by atoms with Crippen molar-refractivity contribution >= 4 is 22.8 Å². The van der Waals surface area contributed by atoms with Gasteiger partial charge in [-0.3, -0.25) is 4.79 Å². The van der Waals surface area contributed by atoms with Gasteiger partial charge in [0.15, 0.2) is 5.82 Å². The molecule has 0 spiro atoms. The van der Waals surface area contributed by atoms with E-state index in [-0.39, 0.29) is 0 Å². The Hall–Kier alpha value is -4.26. The number of hydrogen-bond acceptors (Lipinski definition) is 5. The number of carbonyl (C=O) groups excluding carboxylic acids is 2. The first-order chi connectivity index (χ1) is 16.6. The second kappa shape index (κ2) is 9.31. The maximum Gasteiger partial charge on any atom is 0.328 e. The minimum Gasteiger partial charge on any atom is -0.467 e. The summed E-state index contributed by atoms with van der Waals surface area (Å²) in [6, 6.07) is 16.7. The number of rotatable bonds is 1. The van der Waals surface area contributed by atoms with Gasteiger partial charge in [-0.05, 0) is 53.8 Å². The van der Waals surface area contributed by atoms with Crippen LogP contribution in [0.3, 0.4) is 0 Å². The summed E-state index contributed by atoms with van der Waals surface area (Å²) in [7, 11) is 1.32. The minimum atomic E-state index is -0.836. The van der Waals surface area contributed by atoms with Gasteiger partial charge in [0.25, 0.3) is 5.91 Å². The van der Waals surface area contributed by atoms with Crippen molar-refractivity contribution in [3.63, 3.8) is 0 Å². The number of ether oxygens (including phenoxy) is 1. The number of benzene rings is 2. The van der Waals surface area contributed by atoms with Crippen molar-refractivity contribution in [3.8, 4) is 5.82 Å². The number of aromatic nitrogens is 3. The predicted molar refractivity (Wildman–Crippen MR) is 129 cm³/mol. The predicted octanol–water partition coefficient (Wildman–Crippen LogP) is 3.59. The van der Waals surface area contributed by atoms with Crippen LogP contribution < -0.4 is 5.32 Å². The normalized spacial score (nSPS) is 17.0. The van der Waals surface area contributed by atoms with Gasteiger partial charge in [0, 0.05) is 24.2 Å². The fourth-order valence-corrected chi connectivity index (χ4v) is 4.12. The van der Waals surface area contributed by atoms with Gasteiger partial charge in [-0.1, -0.05) is 42.5 Å². The van der Waals surface area contributed by atoms with Crippen LogP contribution in [-0.4, -0.2) is 39.8 Å². The molecular weight excluding hydrogens is 428 g/mol. The van der Waals surface area contributed by atoms with Crippen molar-refractivity contribution in [1.29, 1.82) is 0 Å². The highest BCUT2D eigenvalue weighted by atomic mass is 16.5. The lowest BCUT2D eigenvalue weighted by Gasteiger charge is -2.18. The van der Waals surface area contributed by atoms with Crippen LogP contribution in [0.15, 0.2) is 79.1 Å². The van der Waals surface area contributed by atoms with Crippen molar-refractivity contribution in [2.24, 2.45) is 0 Å². The lowest BCUT2D eigenvalue weighted by Crippen LogP contribution is -2.43. The van der Waals surface area contributed by atoms with Crippen LogP contribution in [0, 0.1) is 0 Å². The lowest BCUT2D eigenvalue weighted by atomic mass is 10.0. The number of allylic oxidation sites excluding steroid dienone is 2. The summed E-state index contributed by atoms with van der Waals surface area (Å²) >= 11 is 0. The Morgan fingerprint density at radius 2 is 1.76 bits per heavy atom. The Balaban J connectivity index is 1.59.